The third kappa shape index (κ3) is 1.82. The molecule has 0 saturated heterocycles. The normalized spacial score (nSPS) is 32.9. The molecule has 2 unspecified atom stereocenters. The van der Waals surface area contributed by atoms with E-state index in [4.69, 9.17) is 0 Å². The van der Waals surface area contributed by atoms with Crippen LogP contribution in [0.1, 0.15) is 40.5 Å². The number of Topliss-reactive ketones (excluding diaryl/α,β-unsaturated/α-hetero) is 1. The second-order valence-electron chi connectivity index (χ2n) is 4.87. The number of carbonyl (C=O) groups is 1. The highest BCUT2D eigenvalue weighted by molar-refractivity contribution is 5.83. The largest absolute Gasteiger partial charge is 0.299 e. The summed E-state index contributed by atoms with van der Waals surface area (Å²) in [5.74, 6) is 1.40. The van der Waals surface area contributed by atoms with Crippen LogP contribution in [0.2, 0.25) is 0 Å². The summed E-state index contributed by atoms with van der Waals surface area (Å²) in [6, 6.07) is 0. The Labute approximate surface area is 69.2 Å². The third-order valence-electron chi connectivity index (χ3n) is 2.86. The number of rotatable bonds is 0. The molecule has 0 aromatic carbocycles. The van der Waals surface area contributed by atoms with Crippen LogP contribution in [0, 0.1) is 17.3 Å². The van der Waals surface area contributed by atoms with Crippen LogP contribution in [0.3, 0.4) is 0 Å². The zero-order valence-electron chi connectivity index (χ0n) is 7.98. The topological polar surface area (TPSA) is 17.1 Å². The van der Waals surface area contributed by atoms with Crippen LogP contribution in [-0.2, 0) is 4.79 Å². The van der Waals surface area contributed by atoms with E-state index in [2.05, 4.69) is 20.8 Å². The van der Waals surface area contributed by atoms with Crippen molar-refractivity contribution in [3.63, 3.8) is 0 Å². The highest BCUT2D eigenvalue weighted by atomic mass is 16.1. The molecule has 2 atom stereocenters. The highest BCUT2D eigenvalue weighted by Gasteiger charge is 2.35. The van der Waals surface area contributed by atoms with Crippen LogP contribution in [-0.4, -0.2) is 5.78 Å². The van der Waals surface area contributed by atoms with Gasteiger partial charge in [-0.25, -0.2) is 0 Å². The Kier molecular flexibility index (Phi) is 2.08. The molecule has 0 aromatic heterocycles. The van der Waals surface area contributed by atoms with Gasteiger partial charge in [0.25, 0.3) is 0 Å². The van der Waals surface area contributed by atoms with Gasteiger partial charge in [-0.05, 0) is 17.8 Å². The van der Waals surface area contributed by atoms with Gasteiger partial charge in [-0.15, -0.1) is 0 Å². The molecule has 0 aromatic rings. The Hall–Kier alpha value is -0.330. The summed E-state index contributed by atoms with van der Waals surface area (Å²) in [5.41, 5.74) is 0.320. The maximum absolute atomic E-state index is 11.2. The van der Waals surface area contributed by atoms with Gasteiger partial charge in [-0.3, -0.25) is 4.79 Å². The Balaban J connectivity index is 2.61. The Morgan fingerprint density at radius 1 is 1.36 bits per heavy atom. The van der Waals surface area contributed by atoms with Crippen molar-refractivity contribution >= 4 is 5.78 Å². The molecule has 1 rings (SSSR count). The van der Waals surface area contributed by atoms with E-state index >= 15 is 0 Å². The fourth-order valence-corrected chi connectivity index (χ4v) is 1.75. The van der Waals surface area contributed by atoms with Crippen LogP contribution in [0.4, 0.5) is 0 Å². The molecule has 0 N–H and O–H groups in total. The van der Waals surface area contributed by atoms with Crippen LogP contribution in [0.5, 0.6) is 0 Å². The summed E-state index contributed by atoms with van der Waals surface area (Å²) in [6.07, 6.45) is 1.91. The first kappa shape index (κ1) is 8.76. The van der Waals surface area contributed by atoms with Crippen molar-refractivity contribution in [1.82, 2.24) is 0 Å². The molecule has 1 aliphatic carbocycles. The first-order valence-electron chi connectivity index (χ1n) is 4.44. The SMILES string of the molecule is CC1CC(C(C)(C)C)CC1=O. The molecule has 1 nitrogen and oxygen atoms in total. The molecule has 64 valence electrons. The minimum absolute atomic E-state index is 0.319. The number of hydrogen-bond acceptors (Lipinski definition) is 1. The predicted octanol–water partition coefficient (Wildman–Crippen LogP) is 2.65. The minimum atomic E-state index is 0.319. The molecule has 1 heteroatoms. The van der Waals surface area contributed by atoms with Gasteiger partial charge in [0.1, 0.15) is 5.78 Å². The molecule has 1 saturated carbocycles. The quantitative estimate of drug-likeness (QED) is 0.524. The van der Waals surface area contributed by atoms with Gasteiger partial charge in [0.05, 0.1) is 0 Å². The lowest BCUT2D eigenvalue weighted by Gasteiger charge is -2.25. The first-order chi connectivity index (χ1) is 4.91. The van der Waals surface area contributed by atoms with Gasteiger partial charge >= 0.3 is 0 Å². The van der Waals surface area contributed by atoms with Crippen molar-refractivity contribution in [3.05, 3.63) is 0 Å². The molecule has 11 heavy (non-hydrogen) atoms. The van der Waals surface area contributed by atoms with E-state index in [1.807, 2.05) is 6.92 Å². The fourth-order valence-electron chi connectivity index (χ4n) is 1.75. The predicted molar refractivity (Wildman–Crippen MR) is 46.4 cm³/mol. The van der Waals surface area contributed by atoms with Crippen molar-refractivity contribution in [2.24, 2.45) is 17.3 Å². The fraction of sp³-hybridized carbons (Fsp3) is 0.900. The molecule has 0 amide bonds. The minimum Gasteiger partial charge on any atom is -0.299 e. The van der Waals surface area contributed by atoms with Gasteiger partial charge in [-0.2, -0.15) is 0 Å². The standard InChI is InChI=1S/C10H18O/c1-7-5-8(6-9(7)11)10(2,3)4/h7-8H,5-6H2,1-4H3. The molecule has 0 aliphatic heterocycles. The van der Waals surface area contributed by atoms with E-state index < -0.39 is 0 Å². The van der Waals surface area contributed by atoms with Gasteiger partial charge in [0, 0.05) is 12.3 Å². The maximum Gasteiger partial charge on any atom is 0.136 e. The lowest BCUT2D eigenvalue weighted by molar-refractivity contribution is -0.120. The molecule has 0 bridgehead atoms. The monoisotopic (exact) mass is 154 g/mol. The van der Waals surface area contributed by atoms with Crippen molar-refractivity contribution in [2.75, 3.05) is 0 Å². The second-order valence-corrected chi connectivity index (χ2v) is 4.87. The summed E-state index contributed by atoms with van der Waals surface area (Å²) >= 11 is 0. The summed E-state index contributed by atoms with van der Waals surface area (Å²) in [5, 5.41) is 0. The van der Waals surface area contributed by atoms with Crippen LogP contribution >= 0.6 is 0 Å². The van der Waals surface area contributed by atoms with E-state index in [0.717, 1.165) is 12.8 Å². The Morgan fingerprint density at radius 3 is 2.09 bits per heavy atom. The van der Waals surface area contributed by atoms with Gasteiger partial charge < -0.3 is 0 Å². The smallest absolute Gasteiger partial charge is 0.136 e. The Morgan fingerprint density at radius 2 is 1.91 bits per heavy atom. The molecule has 1 fully saturated rings. The molecule has 0 spiro atoms. The summed E-state index contributed by atoms with van der Waals surface area (Å²) in [7, 11) is 0. The van der Waals surface area contributed by atoms with Crippen molar-refractivity contribution in [1.29, 1.82) is 0 Å². The summed E-state index contributed by atoms with van der Waals surface area (Å²) in [6.45, 7) is 8.73. The highest BCUT2D eigenvalue weighted by Crippen LogP contribution is 2.39. The Bertz CT molecular complexity index is 164. The van der Waals surface area contributed by atoms with E-state index in [9.17, 15) is 4.79 Å². The van der Waals surface area contributed by atoms with Crippen molar-refractivity contribution < 1.29 is 4.79 Å². The molecule has 0 heterocycles. The van der Waals surface area contributed by atoms with Crippen molar-refractivity contribution in [2.45, 2.75) is 40.5 Å². The van der Waals surface area contributed by atoms with Crippen LogP contribution in [0.25, 0.3) is 0 Å². The van der Waals surface area contributed by atoms with Gasteiger partial charge in [0.15, 0.2) is 0 Å². The molecular formula is C10H18O. The van der Waals surface area contributed by atoms with E-state index in [1.54, 1.807) is 0 Å². The zero-order chi connectivity index (χ0) is 8.65. The zero-order valence-corrected chi connectivity index (χ0v) is 7.98. The number of hydrogen-bond donors (Lipinski definition) is 0. The van der Waals surface area contributed by atoms with E-state index in [-0.39, 0.29) is 0 Å². The third-order valence-corrected chi connectivity index (χ3v) is 2.86. The average molecular weight is 154 g/mol. The molecule has 1 aliphatic rings. The van der Waals surface area contributed by atoms with Crippen LogP contribution in [0.15, 0.2) is 0 Å². The van der Waals surface area contributed by atoms with Crippen molar-refractivity contribution in [3.8, 4) is 0 Å². The lowest BCUT2D eigenvalue weighted by Crippen LogP contribution is -2.17. The average Bonchev–Trinajstić information content (AvgIpc) is 2.11. The van der Waals surface area contributed by atoms with Gasteiger partial charge in [0.2, 0.25) is 0 Å². The van der Waals surface area contributed by atoms with Gasteiger partial charge in [-0.1, -0.05) is 27.7 Å². The van der Waals surface area contributed by atoms with E-state index in [1.165, 1.54) is 0 Å². The second kappa shape index (κ2) is 2.62. The summed E-state index contributed by atoms with van der Waals surface area (Å²) < 4.78 is 0. The maximum atomic E-state index is 11.2. The number of carbonyl (C=O) groups excluding carboxylic acids is 1. The summed E-state index contributed by atoms with van der Waals surface area (Å²) in [4.78, 5) is 11.2. The van der Waals surface area contributed by atoms with E-state index in [0.29, 0.717) is 23.0 Å². The molecule has 0 radical (unpaired) electrons. The number of ketones is 1. The lowest BCUT2D eigenvalue weighted by atomic mass is 9.79. The molecular weight excluding hydrogens is 136 g/mol. The van der Waals surface area contributed by atoms with Crippen LogP contribution < -0.4 is 0 Å². The first-order valence-corrected chi connectivity index (χ1v) is 4.44.